The molecule has 0 aromatic heterocycles. The molecule has 2 aromatic carbocycles. The van der Waals surface area contributed by atoms with Gasteiger partial charge in [-0.2, -0.15) is 0 Å². The summed E-state index contributed by atoms with van der Waals surface area (Å²) >= 11 is 0. The Kier molecular flexibility index (Phi) is 2.54. The molecule has 0 radical (unpaired) electrons. The molecule has 92 valence electrons. The molecule has 1 aliphatic rings. The number of rotatable bonds is 1. The number of hydrogen-bond donors (Lipinski definition) is 1. The highest BCUT2D eigenvalue weighted by molar-refractivity contribution is 5.59. The largest absolute Gasteiger partial charge is 0.375 e. The molecule has 1 N–H and O–H groups in total. The first-order valence-corrected chi connectivity index (χ1v) is 5.94. The summed E-state index contributed by atoms with van der Waals surface area (Å²) in [5.41, 5.74) is 3.41. The Morgan fingerprint density at radius 1 is 1.17 bits per heavy atom. The Bertz CT molecular complexity index is 607. The summed E-state index contributed by atoms with van der Waals surface area (Å²) in [5.74, 6) is -1.03. The molecule has 0 saturated heterocycles. The van der Waals surface area contributed by atoms with Crippen LogP contribution < -0.4 is 5.32 Å². The van der Waals surface area contributed by atoms with Crippen molar-refractivity contribution in [1.82, 2.24) is 0 Å². The number of anilines is 1. The minimum atomic E-state index is -0.516. The molecule has 0 saturated carbocycles. The van der Waals surface area contributed by atoms with Crippen LogP contribution in [0.3, 0.4) is 0 Å². The monoisotopic (exact) mass is 245 g/mol. The summed E-state index contributed by atoms with van der Waals surface area (Å²) in [6.45, 7) is 2.02. The van der Waals surface area contributed by atoms with Crippen molar-refractivity contribution in [1.29, 1.82) is 0 Å². The average molecular weight is 245 g/mol. The molecule has 2 aromatic rings. The topological polar surface area (TPSA) is 12.0 Å². The van der Waals surface area contributed by atoms with Crippen molar-refractivity contribution in [3.05, 3.63) is 64.7 Å². The first-order chi connectivity index (χ1) is 8.63. The molecule has 0 fully saturated rings. The molecule has 1 aliphatic heterocycles. The fourth-order valence-electron chi connectivity index (χ4n) is 2.48. The molecular weight excluding hydrogens is 232 g/mol. The van der Waals surface area contributed by atoms with Crippen LogP contribution in [0.15, 0.2) is 36.4 Å². The Labute approximate surface area is 104 Å². The van der Waals surface area contributed by atoms with E-state index in [9.17, 15) is 8.78 Å². The van der Waals surface area contributed by atoms with E-state index in [-0.39, 0.29) is 6.04 Å². The van der Waals surface area contributed by atoms with Crippen LogP contribution in [0.5, 0.6) is 0 Å². The van der Waals surface area contributed by atoms with Crippen LogP contribution in [0.4, 0.5) is 14.5 Å². The van der Waals surface area contributed by atoms with E-state index in [1.165, 1.54) is 6.07 Å². The Morgan fingerprint density at radius 3 is 2.78 bits per heavy atom. The lowest BCUT2D eigenvalue weighted by Crippen LogP contribution is -2.06. The quantitative estimate of drug-likeness (QED) is 0.801. The van der Waals surface area contributed by atoms with E-state index in [1.54, 1.807) is 0 Å². The highest BCUT2D eigenvalue weighted by Crippen LogP contribution is 2.36. The van der Waals surface area contributed by atoms with Crippen LogP contribution in [-0.2, 0) is 6.42 Å². The first-order valence-electron chi connectivity index (χ1n) is 5.94. The highest BCUT2D eigenvalue weighted by Gasteiger charge is 2.25. The van der Waals surface area contributed by atoms with Crippen molar-refractivity contribution in [2.45, 2.75) is 19.4 Å². The number of benzene rings is 2. The third kappa shape index (κ3) is 1.86. The van der Waals surface area contributed by atoms with Crippen LogP contribution >= 0.6 is 0 Å². The molecule has 1 heterocycles. The fraction of sp³-hybridized carbons (Fsp3) is 0.200. The van der Waals surface area contributed by atoms with E-state index in [0.29, 0.717) is 17.7 Å². The predicted molar refractivity (Wildman–Crippen MR) is 67.6 cm³/mol. The minimum Gasteiger partial charge on any atom is -0.375 e. The zero-order chi connectivity index (χ0) is 12.7. The third-order valence-corrected chi connectivity index (χ3v) is 3.32. The van der Waals surface area contributed by atoms with Crippen LogP contribution in [-0.4, -0.2) is 0 Å². The van der Waals surface area contributed by atoms with E-state index in [2.05, 4.69) is 11.4 Å². The maximum absolute atomic E-state index is 13.6. The van der Waals surface area contributed by atoms with Gasteiger partial charge in [0.25, 0.3) is 0 Å². The van der Waals surface area contributed by atoms with E-state index in [0.717, 1.165) is 17.2 Å². The molecule has 3 heteroatoms. The molecule has 18 heavy (non-hydrogen) atoms. The van der Waals surface area contributed by atoms with Gasteiger partial charge in [-0.3, -0.25) is 0 Å². The van der Waals surface area contributed by atoms with E-state index < -0.39 is 11.6 Å². The summed E-state index contributed by atoms with van der Waals surface area (Å²) in [6.07, 6.45) is 0.619. The first kappa shape index (κ1) is 11.2. The van der Waals surface area contributed by atoms with Crippen molar-refractivity contribution in [3.8, 4) is 0 Å². The SMILES string of the molecule is Cc1cccc(C2Cc3cc(F)cc(F)c3N2)c1. The van der Waals surface area contributed by atoms with E-state index in [4.69, 9.17) is 0 Å². The van der Waals surface area contributed by atoms with Crippen molar-refractivity contribution in [2.75, 3.05) is 5.32 Å². The normalized spacial score (nSPS) is 17.4. The Balaban J connectivity index is 1.96. The molecule has 0 aliphatic carbocycles. The van der Waals surface area contributed by atoms with Crippen molar-refractivity contribution in [3.63, 3.8) is 0 Å². The van der Waals surface area contributed by atoms with Gasteiger partial charge in [0.15, 0.2) is 0 Å². The summed E-state index contributed by atoms with van der Waals surface area (Å²) in [4.78, 5) is 0. The third-order valence-electron chi connectivity index (χ3n) is 3.32. The number of nitrogens with one attached hydrogen (secondary N) is 1. The van der Waals surface area contributed by atoms with Crippen molar-refractivity contribution < 1.29 is 8.78 Å². The Hall–Kier alpha value is -1.90. The predicted octanol–water partition coefficient (Wildman–Crippen LogP) is 3.98. The molecule has 1 unspecified atom stereocenters. The van der Waals surface area contributed by atoms with Gasteiger partial charge in [-0.25, -0.2) is 8.78 Å². The zero-order valence-electron chi connectivity index (χ0n) is 10.0. The lowest BCUT2D eigenvalue weighted by Gasteiger charge is -2.12. The summed E-state index contributed by atoms with van der Waals surface area (Å²) in [7, 11) is 0. The number of fused-ring (bicyclic) bond motifs is 1. The van der Waals surface area contributed by atoms with E-state index in [1.807, 2.05) is 25.1 Å². The van der Waals surface area contributed by atoms with Crippen molar-refractivity contribution in [2.24, 2.45) is 0 Å². The molecule has 0 bridgehead atoms. The smallest absolute Gasteiger partial charge is 0.149 e. The molecule has 0 spiro atoms. The van der Waals surface area contributed by atoms with Gasteiger partial charge in [-0.15, -0.1) is 0 Å². The fourth-order valence-corrected chi connectivity index (χ4v) is 2.48. The van der Waals surface area contributed by atoms with E-state index >= 15 is 0 Å². The maximum atomic E-state index is 13.6. The maximum Gasteiger partial charge on any atom is 0.149 e. The van der Waals surface area contributed by atoms with Crippen molar-refractivity contribution >= 4 is 5.69 Å². The number of halogens is 2. The molecule has 1 atom stereocenters. The molecular formula is C15H13F2N. The van der Waals surface area contributed by atoms with Gasteiger partial charge >= 0.3 is 0 Å². The standard InChI is InChI=1S/C15H13F2N/c1-9-3-2-4-10(5-9)14-7-11-6-12(16)8-13(17)15(11)18-14/h2-6,8,14,18H,7H2,1H3. The second-order valence-corrected chi connectivity index (χ2v) is 4.74. The summed E-state index contributed by atoms with van der Waals surface area (Å²) in [6, 6.07) is 10.4. The van der Waals surface area contributed by atoms with Gasteiger partial charge < -0.3 is 5.32 Å². The second-order valence-electron chi connectivity index (χ2n) is 4.74. The molecule has 3 rings (SSSR count). The number of hydrogen-bond acceptors (Lipinski definition) is 1. The second kappa shape index (κ2) is 4.09. The van der Waals surface area contributed by atoms with Gasteiger partial charge in [-0.1, -0.05) is 29.8 Å². The van der Waals surface area contributed by atoms with Crippen LogP contribution in [0.2, 0.25) is 0 Å². The average Bonchev–Trinajstić information content (AvgIpc) is 2.73. The molecule has 1 nitrogen and oxygen atoms in total. The van der Waals surface area contributed by atoms with Crippen LogP contribution in [0.25, 0.3) is 0 Å². The van der Waals surface area contributed by atoms with Crippen LogP contribution in [0, 0.1) is 18.6 Å². The van der Waals surface area contributed by atoms with Gasteiger partial charge in [-0.05, 0) is 30.5 Å². The minimum absolute atomic E-state index is 0.0243. The summed E-state index contributed by atoms with van der Waals surface area (Å²) < 4.78 is 26.8. The Morgan fingerprint density at radius 2 is 2.00 bits per heavy atom. The summed E-state index contributed by atoms with van der Waals surface area (Å²) in [5, 5.41) is 3.13. The highest BCUT2D eigenvalue weighted by atomic mass is 19.1. The zero-order valence-corrected chi connectivity index (χ0v) is 10.0. The van der Waals surface area contributed by atoms with Gasteiger partial charge in [0.2, 0.25) is 0 Å². The molecule has 0 amide bonds. The van der Waals surface area contributed by atoms with Gasteiger partial charge in [0, 0.05) is 6.07 Å². The van der Waals surface area contributed by atoms with Crippen LogP contribution in [0.1, 0.15) is 22.7 Å². The lowest BCUT2D eigenvalue weighted by atomic mass is 10.0. The van der Waals surface area contributed by atoms with Gasteiger partial charge in [0.1, 0.15) is 11.6 Å². The lowest BCUT2D eigenvalue weighted by molar-refractivity contribution is 0.585. The number of aryl methyl sites for hydroxylation is 1. The van der Waals surface area contributed by atoms with Gasteiger partial charge in [0.05, 0.1) is 11.7 Å².